The van der Waals surface area contributed by atoms with Gasteiger partial charge < -0.3 is 4.90 Å². The minimum Gasteiger partial charge on any atom is -0.370 e. The SMILES string of the molecule is C=CC1=C(C=C)N(C)C/C(=C\C=C/C)C1C. The molecule has 1 nitrogen and oxygen atoms in total. The van der Waals surface area contributed by atoms with E-state index in [1.807, 2.05) is 19.1 Å². The quantitative estimate of drug-likeness (QED) is 0.694. The summed E-state index contributed by atoms with van der Waals surface area (Å²) in [5.74, 6) is 0.429. The van der Waals surface area contributed by atoms with Crippen molar-refractivity contribution in [1.82, 2.24) is 4.90 Å². The second-order valence-electron chi connectivity index (χ2n) is 4.09. The van der Waals surface area contributed by atoms with E-state index >= 15 is 0 Å². The Hall–Kier alpha value is -1.50. The van der Waals surface area contributed by atoms with Crippen molar-refractivity contribution < 1.29 is 0 Å². The Kier molecular flexibility index (Phi) is 4.36. The monoisotopic (exact) mass is 215 g/mol. The summed E-state index contributed by atoms with van der Waals surface area (Å²) in [6.45, 7) is 13.0. The molecule has 86 valence electrons. The molecular weight excluding hydrogens is 194 g/mol. The van der Waals surface area contributed by atoms with E-state index in [1.165, 1.54) is 16.8 Å². The highest BCUT2D eigenvalue weighted by atomic mass is 15.1. The number of allylic oxidation sites excluding steroid dienone is 6. The van der Waals surface area contributed by atoms with Crippen molar-refractivity contribution in [3.63, 3.8) is 0 Å². The third-order valence-corrected chi connectivity index (χ3v) is 3.07. The number of nitrogens with zero attached hydrogens (tertiary/aromatic N) is 1. The van der Waals surface area contributed by atoms with Crippen LogP contribution in [0, 0.1) is 5.92 Å². The summed E-state index contributed by atoms with van der Waals surface area (Å²) in [6.07, 6.45) is 10.2. The van der Waals surface area contributed by atoms with Crippen LogP contribution in [0.5, 0.6) is 0 Å². The maximum absolute atomic E-state index is 3.90. The molecule has 1 unspecified atom stereocenters. The highest BCUT2D eigenvalue weighted by Gasteiger charge is 2.22. The van der Waals surface area contributed by atoms with Crippen molar-refractivity contribution in [2.45, 2.75) is 13.8 Å². The Morgan fingerprint density at radius 1 is 1.31 bits per heavy atom. The van der Waals surface area contributed by atoms with Gasteiger partial charge in [-0.05, 0) is 24.1 Å². The fourth-order valence-corrected chi connectivity index (χ4v) is 2.11. The molecule has 1 rings (SSSR count). The molecule has 1 aliphatic rings. The molecule has 0 bridgehead atoms. The summed E-state index contributed by atoms with van der Waals surface area (Å²) in [5.41, 5.74) is 3.88. The largest absolute Gasteiger partial charge is 0.370 e. The van der Waals surface area contributed by atoms with Crippen molar-refractivity contribution in [3.8, 4) is 0 Å². The maximum atomic E-state index is 3.90. The van der Waals surface area contributed by atoms with E-state index in [1.54, 1.807) is 0 Å². The van der Waals surface area contributed by atoms with E-state index < -0.39 is 0 Å². The van der Waals surface area contributed by atoms with Crippen molar-refractivity contribution in [2.75, 3.05) is 13.6 Å². The van der Waals surface area contributed by atoms with Gasteiger partial charge in [-0.25, -0.2) is 0 Å². The summed E-state index contributed by atoms with van der Waals surface area (Å²) in [5, 5.41) is 0. The van der Waals surface area contributed by atoms with Gasteiger partial charge in [-0.2, -0.15) is 0 Å². The first-order valence-electron chi connectivity index (χ1n) is 5.67. The van der Waals surface area contributed by atoms with Gasteiger partial charge in [-0.15, -0.1) is 0 Å². The molecule has 1 heterocycles. The summed E-state index contributed by atoms with van der Waals surface area (Å²) >= 11 is 0. The predicted molar refractivity (Wildman–Crippen MR) is 72.1 cm³/mol. The van der Waals surface area contributed by atoms with Crippen LogP contribution < -0.4 is 0 Å². The molecule has 0 radical (unpaired) electrons. The van der Waals surface area contributed by atoms with E-state index in [2.05, 4.69) is 50.3 Å². The zero-order chi connectivity index (χ0) is 12.1. The van der Waals surface area contributed by atoms with E-state index in [0.29, 0.717) is 5.92 Å². The number of likely N-dealkylation sites (N-methyl/N-ethyl adjacent to an activating group) is 1. The molecule has 0 fully saturated rings. The van der Waals surface area contributed by atoms with Gasteiger partial charge in [0, 0.05) is 25.2 Å². The molecule has 0 aliphatic carbocycles. The Balaban J connectivity index is 3.16. The maximum Gasteiger partial charge on any atom is 0.0398 e. The normalized spacial score (nSPS) is 24.3. The number of hydrogen-bond donors (Lipinski definition) is 0. The summed E-state index contributed by atoms with van der Waals surface area (Å²) in [4.78, 5) is 2.22. The van der Waals surface area contributed by atoms with Crippen LogP contribution in [0.2, 0.25) is 0 Å². The lowest BCUT2D eigenvalue weighted by Crippen LogP contribution is -2.29. The van der Waals surface area contributed by atoms with Crippen LogP contribution in [0.3, 0.4) is 0 Å². The highest BCUT2D eigenvalue weighted by Crippen LogP contribution is 2.31. The average molecular weight is 215 g/mol. The van der Waals surface area contributed by atoms with Gasteiger partial charge in [0.05, 0.1) is 0 Å². The lowest BCUT2D eigenvalue weighted by molar-refractivity contribution is 0.420. The van der Waals surface area contributed by atoms with E-state index in [-0.39, 0.29) is 0 Å². The van der Waals surface area contributed by atoms with Crippen molar-refractivity contribution in [2.24, 2.45) is 5.92 Å². The Labute approximate surface area is 99.2 Å². The Morgan fingerprint density at radius 2 is 2.00 bits per heavy atom. The highest BCUT2D eigenvalue weighted by molar-refractivity contribution is 5.41. The van der Waals surface area contributed by atoms with Crippen LogP contribution in [-0.2, 0) is 0 Å². The molecule has 0 amide bonds. The van der Waals surface area contributed by atoms with Crippen LogP contribution >= 0.6 is 0 Å². The third kappa shape index (κ3) is 2.35. The Bertz CT molecular complexity index is 369. The first-order valence-corrected chi connectivity index (χ1v) is 5.67. The van der Waals surface area contributed by atoms with Crippen molar-refractivity contribution in [1.29, 1.82) is 0 Å². The van der Waals surface area contributed by atoms with E-state index in [9.17, 15) is 0 Å². The molecule has 1 atom stereocenters. The first-order chi connectivity index (χ1) is 7.65. The molecule has 0 aromatic carbocycles. The zero-order valence-corrected chi connectivity index (χ0v) is 10.5. The lowest BCUT2D eigenvalue weighted by Gasteiger charge is -2.34. The molecule has 1 aliphatic heterocycles. The molecule has 0 spiro atoms. The van der Waals surface area contributed by atoms with Gasteiger partial charge in [0.2, 0.25) is 0 Å². The summed E-state index contributed by atoms with van der Waals surface area (Å²) in [6, 6.07) is 0. The fraction of sp³-hybridized carbons (Fsp3) is 0.333. The standard InChI is InChI=1S/C15H21N/c1-6-9-10-13-11-16(5)15(8-3)14(7-2)12(13)4/h6-10,12H,2-3,11H2,1,4-5H3/b9-6-,13-10+. The third-order valence-electron chi connectivity index (χ3n) is 3.07. The van der Waals surface area contributed by atoms with Gasteiger partial charge >= 0.3 is 0 Å². The summed E-state index contributed by atoms with van der Waals surface area (Å²) in [7, 11) is 2.09. The van der Waals surface area contributed by atoms with E-state index in [0.717, 1.165) is 6.54 Å². The van der Waals surface area contributed by atoms with Crippen molar-refractivity contribution >= 4 is 0 Å². The second-order valence-corrected chi connectivity index (χ2v) is 4.09. The van der Waals surface area contributed by atoms with Gasteiger partial charge in [0.1, 0.15) is 0 Å². The average Bonchev–Trinajstić information content (AvgIpc) is 2.29. The van der Waals surface area contributed by atoms with Crippen LogP contribution in [-0.4, -0.2) is 18.5 Å². The fourth-order valence-electron chi connectivity index (χ4n) is 2.11. The molecule has 1 heteroatoms. The molecule has 0 aromatic heterocycles. The first kappa shape index (κ1) is 12.6. The molecule has 0 saturated heterocycles. The molecular formula is C15H21N. The minimum atomic E-state index is 0.429. The number of rotatable bonds is 3. The van der Waals surface area contributed by atoms with Gasteiger partial charge in [-0.3, -0.25) is 0 Å². The van der Waals surface area contributed by atoms with Crippen molar-refractivity contribution in [3.05, 3.63) is 60.4 Å². The van der Waals surface area contributed by atoms with Crippen LogP contribution in [0.15, 0.2) is 60.4 Å². The van der Waals surface area contributed by atoms with Gasteiger partial charge in [0.15, 0.2) is 0 Å². The van der Waals surface area contributed by atoms with Crippen LogP contribution in [0.4, 0.5) is 0 Å². The molecule has 0 saturated carbocycles. The van der Waals surface area contributed by atoms with Gasteiger partial charge in [-0.1, -0.05) is 44.4 Å². The van der Waals surface area contributed by atoms with Crippen LogP contribution in [0.1, 0.15) is 13.8 Å². The zero-order valence-electron chi connectivity index (χ0n) is 10.5. The van der Waals surface area contributed by atoms with E-state index in [4.69, 9.17) is 0 Å². The van der Waals surface area contributed by atoms with Crippen LogP contribution in [0.25, 0.3) is 0 Å². The predicted octanol–water partition coefficient (Wildman–Crippen LogP) is 3.70. The molecule has 16 heavy (non-hydrogen) atoms. The summed E-state index contributed by atoms with van der Waals surface area (Å²) < 4.78 is 0. The second kappa shape index (κ2) is 5.55. The minimum absolute atomic E-state index is 0.429. The molecule has 0 aromatic rings. The smallest absolute Gasteiger partial charge is 0.0398 e. The number of hydrogen-bond acceptors (Lipinski definition) is 1. The van der Waals surface area contributed by atoms with Gasteiger partial charge in [0.25, 0.3) is 0 Å². The topological polar surface area (TPSA) is 3.24 Å². The Morgan fingerprint density at radius 3 is 2.50 bits per heavy atom. The lowest BCUT2D eigenvalue weighted by atomic mass is 9.86. The molecule has 0 N–H and O–H groups in total.